The minimum atomic E-state index is -0.183. The smallest absolute Gasteiger partial charge is 0.320 e. The summed E-state index contributed by atoms with van der Waals surface area (Å²) < 4.78 is 0. The van der Waals surface area contributed by atoms with Crippen LogP contribution >= 0.6 is 11.6 Å². The van der Waals surface area contributed by atoms with E-state index in [1.807, 2.05) is 12.1 Å². The summed E-state index contributed by atoms with van der Waals surface area (Å²) in [6, 6.07) is 5.35. The van der Waals surface area contributed by atoms with Gasteiger partial charge in [-0.1, -0.05) is 11.6 Å². The molecule has 0 bridgehead atoms. The van der Waals surface area contributed by atoms with E-state index in [2.05, 4.69) is 15.6 Å². The number of hydrogen-bond donors (Lipinski definition) is 2. The minimum Gasteiger partial charge on any atom is -0.328 e. The second kappa shape index (κ2) is 2.97. The molecule has 1 unspecified atom stereocenters. The van der Waals surface area contributed by atoms with Crippen molar-refractivity contribution in [2.24, 2.45) is 4.99 Å². The topological polar surface area (TPSA) is 53.5 Å². The summed E-state index contributed by atoms with van der Waals surface area (Å²) in [7, 11) is 0. The van der Waals surface area contributed by atoms with Gasteiger partial charge in [0.1, 0.15) is 5.84 Å². The highest BCUT2D eigenvalue weighted by Gasteiger charge is 2.31. The van der Waals surface area contributed by atoms with Gasteiger partial charge in [0.25, 0.3) is 0 Å². The van der Waals surface area contributed by atoms with Crippen LogP contribution in [0, 0.1) is 0 Å². The van der Waals surface area contributed by atoms with E-state index >= 15 is 0 Å². The first kappa shape index (κ1) is 8.73. The van der Waals surface area contributed by atoms with Gasteiger partial charge >= 0.3 is 6.03 Å². The van der Waals surface area contributed by atoms with Crippen molar-refractivity contribution < 1.29 is 4.79 Å². The van der Waals surface area contributed by atoms with Crippen LogP contribution in [0.25, 0.3) is 0 Å². The number of nitrogens with one attached hydrogen (secondary N) is 2. The van der Waals surface area contributed by atoms with Gasteiger partial charge in [-0.3, -0.25) is 5.32 Å². The van der Waals surface area contributed by atoms with Crippen molar-refractivity contribution in [2.75, 3.05) is 0 Å². The van der Waals surface area contributed by atoms with Crippen LogP contribution in [0.4, 0.5) is 10.5 Å². The number of amides is 2. The van der Waals surface area contributed by atoms with E-state index in [1.54, 1.807) is 6.07 Å². The number of amidine groups is 1. The van der Waals surface area contributed by atoms with Gasteiger partial charge in [0, 0.05) is 11.4 Å². The third-order valence-electron chi connectivity index (χ3n) is 2.58. The van der Waals surface area contributed by atoms with Gasteiger partial charge in [0.05, 0.1) is 11.7 Å². The number of fused-ring (bicyclic) bond motifs is 2. The monoisotopic (exact) mass is 221 g/mol. The summed E-state index contributed by atoms with van der Waals surface area (Å²) in [4.78, 5) is 15.5. The van der Waals surface area contributed by atoms with Crippen LogP contribution < -0.4 is 10.6 Å². The molecule has 3 rings (SSSR count). The zero-order valence-electron chi connectivity index (χ0n) is 7.75. The molecule has 1 aromatic rings. The average Bonchev–Trinajstić information content (AvgIpc) is 2.53. The Labute approximate surface area is 91.3 Å². The molecule has 1 atom stereocenters. The quantitative estimate of drug-likeness (QED) is 0.687. The third kappa shape index (κ3) is 1.37. The first-order valence-electron chi connectivity index (χ1n) is 4.67. The van der Waals surface area contributed by atoms with Gasteiger partial charge in [-0.25, -0.2) is 9.79 Å². The van der Waals surface area contributed by atoms with E-state index in [-0.39, 0.29) is 12.1 Å². The number of nitrogens with zero attached hydrogens (tertiary/aromatic N) is 1. The number of aliphatic imine (C=N–C) groups is 1. The number of hydrogen-bond acceptors (Lipinski definition) is 2. The summed E-state index contributed by atoms with van der Waals surface area (Å²) in [6.45, 7) is 0. The lowest BCUT2D eigenvalue weighted by Crippen LogP contribution is -2.33. The van der Waals surface area contributed by atoms with Crippen molar-refractivity contribution in [2.45, 2.75) is 12.5 Å². The maximum Gasteiger partial charge on any atom is 0.320 e. The molecule has 0 saturated carbocycles. The standard InChI is InChI=1S/C10H8ClN3O/c11-6-1-2-7-5(3-6)4-8-9(12-7)14-10(15)13-8/h1-3,8H,4H2,(H2,12,13,14,15). The van der Waals surface area contributed by atoms with Crippen molar-refractivity contribution in [1.82, 2.24) is 10.6 Å². The maximum absolute atomic E-state index is 11.1. The number of rotatable bonds is 0. The van der Waals surface area contributed by atoms with E-state index in [9.17, 15) is 4.79 Å². The number of carbonyl (C=O) groups is 1. The predicted molar refractivity (Wildman–Crippen MR) is 57.7 cm³/mol. The van der Waals surface area contributed by atoms with Crippen LogP contribution in [0.2, 0.25) is 5.02 Å². The number of benzene rings is 1. The lowest BCUT2D eigenvalue weighted by atomic mass is 10.0. The second-order valence-corrected chi connectivity index (χ2v) is 4.06. The maximum atomic E-state index is 11.1. The normalized spacial score (nSPS) is 22.3. The lowest BCUT2D eigenvalue weighted by Gasteiger charge is -2.17. The lowest BCUT2D eigenvalue weighted by molar-refractivity contribution is 0.248. The molecule has 0 aromatic heterocycles. The van der Waals surface area contributed by atoms with Crippen LogP contribution in [0.1, 0.15) is 5.56 Å². The Morgan fingerprint density at radius 2 is 2.33 bits per heavy atom. The first-order chi connectivity index (χ1) is 7.22. The van der Waals surface area contributed by atoms with Gasteiger partial charge in [-0.15, -0.1) is 0 Å². The van der Waals surface area contributed by atoms with Crippen molar-refractivity contribution in [3.63, 3.8) is 0 Å². The Morgan fingerprint density at radius 3 is 3.20 bits per heavy atom. The van der Waals surface area contributed by atoms with Crippen LogP contribution in [0.5, 0.6) is 0 Å². The molecule has 0 aliphatic carbocycles. The zero-order chi connectivity index (χ0) is 10.4. The molecule has 1 aromatic carbocycles. The Kier molecular flexibility index (Phi) is 1.73. The summed E-state index contributed by atoms with van der Waals surface area (Å²) in [5.41, 5.74) is 1.95. The van der Waals surface area contributed by atoms with E-state index < -0.39 is 0 Å². The SMILES string of the molecule is O=C1NC2=Nc3ccc(Cl)cc3CC2N1. The number of carbonyl (C=O) groups excluding carboxylic acids is 1. The van der Waals surface area contributed by atoms with Crippen molar-refractivity contribution in [3.8, 4) is 0 Å². The molecular weight excluding hydrogens is 214 g/mol. The predicted octanol–water partition coefficient (Wildman–Crippen LogP) is 1.61. The summed E-state index contributed by atoms with van der Waals surface area (Å²) in [5, 5.41) is 6.17. The summed E-state index contributed by atoms with van der Waals surface area (Å²) in [5.74, 6) is 0.704. The van der Waals surface area contributed by atoms with Crippen LogP contribution in [0.15, 0.2) is 23.2 Å². The molecule has 5 heteroatoms. The van der Waals surface area contributed by atoms with Gasteiger partial charge in [0.2, 0.25) is 0 Å². The summed E-state index contributed by atoms with van der Waals surface area (Å²) in [6.07, 6.45) is 0.744. The molecule has 1 saturated heterocycles. The first-order valence-corrected chi connectivity index (χ1v) is 5.05. The van der Waals surface area contributed by atoms with Crippen LogP contribution in [0.3, 0.4) is 0 Å². The fourth-order valence-electron chi connectivity index (χ4n) is 1.90. The second-order valence-electron chi connectivity index (χ2n) is 3.63. The molecule has 0 radical (unpaired) electrons. The largest absolute Gasteiger partial charge is 0.328 e. The van der Waals surface area contributed by atoms with Crippen LogP contribution in [-0.2, 0) is 6.42 Å². The Balaban J connectivity index is 2.06. The van der Waals surface area contributed by atoms with Gasteiger partial charge in [-0.2, -0.15) is 0 Å². The number of halogens is 1. The fourth-order valence-corrected chi connectivity index (χ4v) is 2.09. The molecule has 15 heavy (non-hydrogen) atoms. The Hall–Kier alpha value is -1.55. The fraction of sp³-hybridized carbons (Fsp3) is 0.200. The molecule has 76 valence electrons. The van der Waals surface area contributed by atoms with E-state index in [0.29, 0.717) is 10.9 Å². The molecular formula is C10H8ClN3O. The molecule has 4 nitrogen and oxygen atoms in total. The molecule has 2 N–H and O–H groups in total. The van der Waals surface area contributed by atoms with E-state index in [0.717, 1.165) is 17.7 Å². The highest BCUT2D eigenvalue weighted by molar-refractivity contribution is 6.30. The number of urea groups is 1. The van der Waals surface area contributed by atoms with Gasteiger partial charge < -0.3 is 5.32 Å². The molecule has 2 aliphatic heterocycles. The van der Waals surface area contributed by atoms with Gasteiger partial charge in [-0.05, 0) is 23.8 Å². The highest BCUT2D eigenvalue weighted by atomic mass is 35.5. The van der Waals surface area contributed by atoms with E-state index in [1.165, 1.54) is 0 Å². The van der Waals surface area contributed by atoms with Gasteiger partial charge in [0.15, 0.2) is 0 Å². The molecule has 1 fully saturated rings. The minimum absolute atomic E-state index is 0.0246. The zero-order valence-corrected chi connectivity index (χ0v) is 8.51. The average molecular weight is 222 g/mol. The van der Waals surface area contributed by atoms with Crippen LogP contribution in [-0.4, -0.2) is 17.9 Å². The Morgan fingerprint density at radius 1 is 1.47 bits per heavy atom. The highest BCUT2D eigenvalue weighted by Crippen LogP contribution is 2.29. The molecule has 2 heterocycles. The van der Waals surface area contributed by atoms with Crippen molar-refractivity contribution in [1.29, 1.82) is 0 Å². The third-order valence-corrected chi connectivity index (χ3v) is 2.82. The molecule has 0 spiro atoms. The molecule has 2 aliphatic rings. The van der Waals surface area contributed by atoms with E-state index in [4.69, 9.17) is 11.6 Å². The van der Waals surface area contributed by atoms with Crippen molar-refractivity contribution >= 4 is 29.2 Å². The van der Waals surface area contributed by atoms with Crippen molar-refractivity contribution in [3.05, 3.63) is 28.8 Å². The summed E-state index contributed by atoms with van der Waals surface area (Å²) >= 11 is 5.90. The Bertz CT molecular complexity index is 484. The molecule has 2 amide bonds.